The molecule has 212 valence electrons. The Labute approximate surface area is 233 Å². The molecule has 0 aromatic heterocycles. The first-order chi connectivity index (χ1) is 18.5. The van der Waals surface area contributed by atoms with Gasteiger partial charge in [0.25, 0.3) is 0 Å². The molecule has 1 saturated carbocycles. The van der Waals surface area contributed by atoms with Gasteiger partial charge in [0.2, 0.25) is 11.8 Å². The van der Waals surface area contributed by atoms with Crippen LogP contribution in [-0.4, -0.2) is 48.9 Å². The van der Waals surface area contributed by atoms with Gasteiger partial charge in [-0.1, -0.05) is 77.1 Å². The Hall–Kier alpha value is -3.19. The number of methoxy groups -OCH3 is 1. The number of carbonyl (C=O) groups is 3. The molecule has 7 nitrogen and oxygen atoms in total. The van der Waals surface area contributed by atoms with Crippen molar-refractivity contribution in [1.82, 2.24) is 16.0 Å². The standard InChI is InChI=1S/C32H45N3O4/c1-21(2)18-26(29(36)32(5)16-17-32)34-31(38)28(19-23-10-8-7-9-11-23)35-30(37)27(33-22(3)4)20-24-12-14-25(39-6)15-13-24/h7-15,21-22,26-28,33H,16-20H2,1-6H3,(H,34,38)(H,35,37)/t26-,27-,28-/m0/s1. The van der Waals surface area contributed by atoms with E-state index in [0.29, 0.717) is 19.3 Å². The van der Waals surface area contributed by atoms with Gasteiger partial charge in [-0.15, -0.1) is 0 Å². The van der Waals surface area contributed by atoms with E-state index in [0.717, 1.165) is 29.7 Å². The van der Waals surface area contributed by atoms with Gasteiger partial charge in [-0.25, -0.2) is 0 Å². The summed E-state index contributed by atoms with van der Waals surface area (Å²) in [5.74, 6) is 0.502. The molecule has 0 bridgehead atoms. The summed E-state index contributed by atoms with van der Waals surface area (Å²) in [7, 11) is 1.62. The average Bonchev–Trinajstić information content (AvgIpc) is 3.65. The molecular weight excluding hydrogens is 490 g/mol. The van der Waals surface area contributed by atoms with Crippen molar-refractivity contribution in [3.63, 3.8) is 0 Å². The zero-order valence-electron chi connectivity index (χ0n) is 24.3. The van der Waals surface area contributed by atoms with E-state index >= 15 is 0 Å². The molecule has 0 aliphatic heterocycles. The van der Waals surface area contributed by atoms with E-state index in [9.17, 15) is 14.4 Å². The van der Waals surface area contributed by atoms with Crippen LogP contribution in [0.3, 0.4) is 0 Å². The normalized spacial score (nSPS) is 16.3. The lowest BCUT2D eigenvalue weighted by molar-refractivity contribution is -0.133. The van der Waals surface area contributed by atoms with Gasteiger partial charge in [-0.05, 0) is 54.9 Å². The molecule has 0 unspecified atom stereocenters. The van der Waals surface area contributed by atoms with Crippen LogP contribution in [0, 0.1) is 11.3 Å². The highest BCUT2D eigenvalue weighted by Gasteiger charge is 2.48. The zero-order chi connectivity index (χ0) is 28.6. The molecule has 0 saturated heterocycles. The highest BCUT2D eigenvalue weighted by molar-refractivity contribution is 5.96. The van der Waals surface area contributed by atoms with Gasteiger partial charge in [-0.3, -0.25) is 14.4 Å². The molecule has 1 aliphatic carbocycles. The highest BCUT2D eigenvalue weighted by atomic mass is 16.5. The van der Waals surface area contributed by atoms with Crippen LogP contribution in [0.1, 0.15) is 65.0 Å². The number of benzene rings is 2. The summed E-state index contributed by atoms with van der Waals surface area (Å²) in [6, 6.07) is 15.4. The maximum atomic E-state index is 13.7. The van der Waals surface area contributed by atoms with Gasteiger partial charge in [0.15, 0.2) is 5.78 Å². The maximum Gasteiger partial charge on any atom is 0.243 e. The van der Waals surface area contributed by atoms with Gasteiger partial charge in [0.1, 0.15) is 11.8 Å². The van der Waals surface area contributed by atoms with Gasteiger partial charge in [0.05, 0.1) is 19.2 Å². The summed E-state index contributed by atoms with van der Waals surface area (Å²) in [6.45, 7) is 10.0. The first-order valence-corrected chi connectivity index (χ1v) is 14.1. The fourth-order valence-electron chi connectivity index (χ4n) is 4.79. The molecule has 39 heavy (non-hydrogen) atoms. The van der Waals surface area contributed by atoms with Gasteiger partial charge in [-0.2, -0.15) is 0 Å². The van der Waals surface area contributed by atoms with Crippen molar-refractivity contribution in [2.24, 2.45) is 11.3 Å². The quantitative estimate of drug-likeness (QED) is 0.317. The van der Waals surface area contributed by atoms with Crippen LogP contribution in [0.2, 0.25) is 0 Å². The van der Waals surface area contributed by atoms with Crippen LogP contribution in [0.15, 0.2) is 54.6 Å². The topological polar surface area (TPSA) is 96.5 Å². The van der Waals surface area contributed by atoms with Crippen molar-refractivity contribution in [3.05, 3.63) is 65.7 Å². The number of hydrogen-bond acceptors (Lipinski definition) is 5. The Balaban J connectivity index is 1.80. The molecule has 3 rings (SSSR count). The third-order valence-corrected chi connectivity index (χ3v) is 7.30. The van der Waals surface area contributed by atoms with E-state index in [-0.39, 0.29) is 35.0 Å². The molecular formula is C32H45N3O4. The molecule has 2 amide bonds. The van der Waals surface area contributed by atoms with Crippen molar-refractivity contribution in [2.75, 3.05) is 7.11 Å². The Morgan fingerprint density at radius 2 is 1.33 bits per heavy atom. The van der Waals surface area contributed by atoms with E-state index < -0.39 is 18.1 Å². The van der Waals surface area contributed by atoms with Crippen LogP contribution < -0.4 is 20.7 Å². The van der Waals surface area contributed by atoms with E-state index in [1.807, 2.05) is 89.2 Å². The second-order valence-electron chi connectivity index (χ2n) is 11.8. The first-order valence-electron chi connectivity index (χ1n) is 14.1. The fourth-order valence-corrected chi connectivity index (χ4v) is 4.79. The summed E-state index contributed by atoms with van der Waals surface area (Å²) >= 11 is 0. The summed E-state index contributed by atoms with van der Waals surface area (Å²) in [5.41, 5.74) is 1.56. The molecule has 0 radical (unpaired) electrons. The smallest absolute Gasteiger partial charge is 0.243 e. The van der Waals surface area contributed by atoms with Crippen LogP contribution in [0.5, 0.6) is 5.75 Å². The zero-order valence-corrected chi connectivity index (χ0v) is 24.3. The fraction of sp³-hybridized carbons (Fsp3) is 0.531. The number of rotatable bonds is 15. The van der Waals surface area contributed by atoms with Crippen LogP contribution >= 0.6 is 0 Å². The molecule has 0 spiro atoms. The summed E-state index contributed by atoms with van der Waals surface area (Å²) < 4.78 is 5.26. The average molecular weight is 536 g/mol. The molecule has 2 aromatic carbocycles. The minimum absolute atomic E-state index is 0.0627. The third-order valence-electron chi connectivity index (χ3n) is 7.30. The number of hydrogen-bond donors (Lipinski definition) is 3. The third kappa shape index (κ3) is 9.20. The second-order valence-corrected chi connectivity index (χ2v) is 11.8. The van der Waals surface area contributed by atoms with Crippen molar-refractivity contribution in [3.8, 4) is 5.75 Å². The second kappa shape index (κ2) is 13.7. The van der Waals surface area contributed by atoms with Gasteiger partial charge < -0.3 is 20.7 Å². The SMILES string of the molecule is COc1ccc(C[C@H](NC(C)C)C(=O)N[C@@H](Cc2ccccc2)C(=O)N[C@@H](CC(C)C)C(=O)C2(C)CC2)cc1. The summed E-state index contributed by atoms with van der Waals surface area (Å²) in [4.78, 5) is 40.6. The number of Topliss-reactive ketones (excluding diaryl/α,β-unsaturated/α-hetero) is 1. The summed E-state index contributed by atoms with van der Waals surface area (Å²) in [6.07, 6.45) is 3.07. The Morgan fingerprint density at radius 3 is 1.87 bits per heavy atom. The van der Waals surface area contributed by atoms with Crippen molar-refractivity contribution in [1.29, 1.82) is 0 Å². The number of carbonyl (C=O) groups excluding carboxylic acids is 3. The predicted octanol–water partition coefficient (Wildman–Crippen LogP) is 4.23. The lowest BCUT2D eigenvalue weighted by Crippen LogP contribution is -2.57. The minimum atomic E-state index is -0.818. The lowest BCUT2D eigenvalue weighted by atomic mass is 9.91. The van der Waals surface area contributed by atoms with Crippen molar-refractivity contribution >= 4 is 17.6 Å². The van der Waals surface area contributed by atoms with Crippen LogP contribution in [0.25, 0.3) is 0 Å². The predicted molar refractivity (Wildman–Crippen MR) is 155 cm³/mol. The molecule has 2 aromatic rings. The highest BCUT2D eigenvalue weighted by Crippen LogP contribution is 2.47. The molecule has 3 N–H and O–H groups in total. The Kier molecular flexibility index (Phi) is 10.7. The Bertz CT molecular complexity index is 1090. The number of amides is 2. The maximum absolute atomic E-state index is 13.7. The Morgan fingerprint density at radius 1 is 0.795 bits per heavy atom. The molecule has 3 atom stereocenters. The van der Waals surface area contributed by atoms with Crippen molar-refractivity contribution in [2.45, 2.75) is 90.9 Å². The van der Waals surface area contributed by atoms with Crippen molar-refractivity contribution < 1.29 is 19.1 Å². The summed E-state index contributed by atoms with van der Waals surface area (Å²) in [5, 5.41) is 9.39. The van der Waals surface area contributed by atoms with E-state index in [2.05, 4.69) is 16.0 Å². The van der Waals surface area contributed by atoms with E-state index in [1.54, 1.807) is 7.11 Å². The molecule has 7 heteroatoms. The van der Waals surface area contributed by atoms with Gasteiger partial charge in [0, 0.05) is 17.9 Å². The van der Waals surface area contributed by atoms with Crippen LogP contribution in [0.4, 0.5) is 0 Å². The largest absolute Gasteiger partial charge is 0.497 e. The lowest BCUT2D eigenvalue weighted by Gasteiger charge is -2.28. The van der Waals surface area contributed by atoms with Gasteiger partial charge >= 0.3 is 0 Å². The molecule has 1 fully saturated rings. The monoisotopic (exact) mass is 535 g/mol. The minimum Gasteiger partial charge on any atom is -0.497 e. The molecule has 0 heterocycles. The number of ether oxygens (including phenoxy) is 1. The first kappa shape index (κ1) is 30.4. The number of nitrogens with one attached hydrogen (secondary N) is 3. The number of ketones is 1. The molecule has 1 aliphatic rings. The van der Waals surface area contributed by atoms with E-state index in [1.165, 1.54) is 0 Å². The van der Waals surface area contributed by atoms with Crippen LogP contribution in [-0.2, 0) is 27.2 Å². The van der Waals surface area contributed by atoms with E-state index in [4.69, 9.17) is 4.74 Å².